The van der Waals surface area contributed by atoms with Crippen LogP contribution in [0.3, 0.4) is 0 Å². The van der Waals surface area contributed by atoms with E-state index in [1.807, 2.05) is 0 Å². The lowest BCUT2D eigenvalue weighted by Gasteiger charge is -2.26. The maximum Gasteiger partial charge on any atom is 0.260 e. The van der Waals surface area contributed by atoms with Gasteiger partial charge in [0.1, 0.15) is 0 Å². The molecule has 1 aromatic rings. The van der Waals surface area contributed by atoms with E-state index in [-0.39, 0.29) is 24.8 Å². The van der Waals surface area contributed by atoms with Crippen molar-refractivity contribution >= 4 is 5.91 Å². The fourth-order valence-corrected chi connectivity index (χ4v) is 2.16. The lowest BCUT2D eigenvalue weighted by atomic mass is 10.1. The highest BCUT2D eigenvalue weighted by Gasteiger charge is 2.17. The van der Waals surface area contributed by atoms with Gasteiger partial charge in [-0.25, -0.2) is 4.39 Å². The molecule has 1 fully saturated rings. The van der Waals surface area contributed by atoms with Crippen molar-refractivity contribution in [1.29, 1.82) is 0 Å². The molecule has 0 aromatic heterocycles. The van der Waals surface area contributed by atoms with E-state index in [0.717, 1.165) is 25.9 Å². The van der Waals surface area contributed by atoms with Gasteiger partial charge in [0.2, 0.25) is 0 Å². The predicted octanol–water partition coefficient (Wildman–Crippen LogP) is 1.68. The maximum atomic E-state index is 13.6. The second-order valence-electron chi connectivity index (χ2n) is 4.70. The van der Waals surface area contributed by atoms with Crippen LogP contribution < -0.4 is 10.5 Å². The second kappa shape index (κ2) is 6.52. The molecule has 0 aliphatic carbocycles. The molecule has 1 aliphatic rings. The molecule has 0 radical (unpaired) electrons. The molecule has 19 heavy (non-hydrogen) atoms. The van der Waals surface area contributed by atoms with Crippen molar-refractivity contribution in [1.82, 2.24) is 4.90 Å². The molecule has 2 N–H and O–H groups in total. The first-order valence-corrected chi connectivity index (χ1v) is 6.60. The molecule has 0 atom stereocenters. The third kappa shape index (κ3) is 3.67. The number of rotatable bonds is 4. The third-order valence-corrected chi connectivity index (χ3v) is 3.29. The maximum absolute atomic E-state index is 13.6. The Bertz CT molecular complexity index is 445. The van der Waals surface area contributed by atoms with Crippen LogP contribution in [0, 0.1) is 5.82 Å². The summed E-state index contributed by atoms with van der Waals surface area (Å²) in [6.45, 7) is 1.72. The summed E-state index contributed by atoms with van der Waals surface area (Å²) in [5, 5.41) is 0. The molecule has 0 saturated carbocycles. The van der Waals surface area contributed by atoms with Crippen LogP contribution in [0.5, 0.6) is 5.75 Å². The highest BCUT2D eigenvalue weighted by molar-refractivity contribution is 5.77. The number of ether oxygens (including phenoxy) is 1. The van der Waals surface area contributed by atoms with Gasteiger partial charge in [-0.1, -0.05) is 6.07 Å². The van der Waals surface area contributed by atoms with Gasteiger partial charge < -0.3 is 15.4 Å². The van der Waals surface area contributed by atoms with Crippen molar-refractivity contribution in [2.75, 3.05) is 19.7 Å². The summed E-state index contributed by atoms with van der Waals surface area (Å²) in [4.78, 5) is 13.6. The van der Waals surface area contributed by atoms with Crippen LogP contribution in [0.25, 0.3) is 0 Å². The highest BCUT2D eigenvalue weighted by atomic mass is 19.1. The largest absolute Gasteiger partial charge is 0.481 e. The number of carbonyl (C=O) groups excluding carboxylic acids is 1. The molecule has 2 rings (SSSR count). The Morgan fingerprint density at radius 1 is 1.32 bits per heavy atom. The van der Waals surface area contributed by atoms with E-state index in [4.69, 9.17) is 10.5 Å². The number of halogens is 1. The number of hydrogen-bond acceptors (Lipinski definition) is 3. The van der Waals surface area contributed by atoms with E-state index in [9.17, 15) is 9.18 Å². The van der Waals surface area contributed by atoms with Gasteiger partial charge in [-0.05, 0) is 37.0 Å². The Morgan fingerprint density at radius 3 is 2.68 bits per heavy atom. The molecule has 1 saturated heterocycles. The van der Waals surface area contributed by atoms with Crippen LogP contribution in [-0.4, -0.2) is 30.5 Å². The van der Waals surface area contributed by atoms with Crippen molar-refractivity contribution in [2.24, 2.45) is 5.73 Å². The number of benzene rings is 1. The number of nitrogens with two attached hydrogens (primary N) is 1. The van der Waals surface area contributed by atoms with Crippen LogP contribution >= 0.6 is 0 Å². The first-order chi connectivity index (χ1) is 9.20. The van der Waals surface area contributed by atoms with Crippen molar-refractivity contribution in [3.8, 4) is 5.75 Å². The zero-order valence-electron chi connectivity index (χ0n) is 10.9. The summed E-state index contributed by atoms with van der Waals surface area (Å²) in [5.74, 6) is -0.459. The molecule has 4 nitrogen and oxygen atoms in total. The molecule has 1 heterocycles. The smallest absolute Gasteiger partial charge is 0.260 e. The Morgan fingerprint density at radius 2 is 2.05 bits per heavy atom. The van der Waals surface area contributed by atoms with E-state index >= 15 is 0 Å². The quantitative estimate of drug-likeness (QED) is 0.902. The van der Waals surface area contributed by atoms with Gasteiger partial charge in [0.15, 0.2) is 18.2 Å². The van der Waals surface area contributed by atoms with Gasteiger partial charge in [-0.15, -0.1) is 0 Å². The summed E-state index contributed by atoms with van der Waals surface area (Å²) in [7, 11) is 0. The van der Waals surface area contributed by atoms with Crippen LogP contribution in [0.15, 0.2) is 18.2 Å². The minimum absolute atomic E-state index is 0.0815. The van der Waals surface area contributed by atoms with Crippen molar-refractivity contribution in [2.45, 2.75) is 25.8 Å². The van der Waals surface area contributed by atoms with E-state index < -0.39 is 5.82 Å². The first kappa shape index (κ1) is 13.8. The molecular weight excluding hydrogens is 247 g/mol. The first-order valence-electron chi connectivity index (χ1n) is 6.60. The van der Waals surface area contributed by atoms with E-state index in [0.29, 0.717) is 5.56 Å². The Balaban J connectivity index is 1.89. The summed E-state index contributed by atoms with van der Waals surface area (Å²) in [5.41, 5.74) is 6.12. The Labute approximate surface area is 112 Å². The third-order valence-electron chi connectivity index (χ3n) is 3.29. The van der Waals surface area contributed by atoms with E-state index in [1.165, 1.54) is 18.6 Å². The standard InChI is InChI=1S/C14H19FN2O2/c15-12-8-11(9-16)4-5-13(12)19-10-14(18)17-6-2-1-3-7-17/h4-5,8H,1-3,6-7,9-10,16H2. The van der Waals surface area contributed by atoms with Crippen LogP contribution in [-0.2, 0) is 11.3 Å². The molecule has 1 aromatic carbocycles. The average Bonchev–Trinajstić information content (AvgIpc) is 2.46. The lowest BCUT2D eigenvalue weighted by molar-refractivity contribution is -0.134. The number of likely N-dealkylation sites (tertiary alicyclic amines) is 1. The number of piperidine rings is 1. The van der Waals surface area contributed by atoms with Gasteiger partial charge in [-0.2, -0.15) is 0 Å². The van der Waals surface area contributed by atoms with E-state index in [1.54, 1.807) is 11.0 Å². The van der Waals surface area contributed by atoms with Gasteiger partial charge in [0.05, 0.1) is 0 Å². The van der Waals surface area contributed by atoms with Crippen LogP contribution in [0.4, 0.5) is 4.39 Å². The van der Waals surface area contributed by atoms with Crippen molar-refractivity contribution in [3.63, 3.8) is 0 Å². The molecule has 104 valence electrons. The van der Waals surface area contributed by atoms with Crippen LogP contribution in [0.1, 0.15) is 24.8 Å². The van der Waals surface area contributed by atoms with E-state index in [2.05, 4.69) is 0 Å². The summed E-state index contributed by atoms with van der Waals surface area (Å²) in [6.07, 6.45) is 3.23. The minimum atomic E-state index is -0.477. The molecule has 1 aliphatic heterocycles. The molecule has 0 unspecified atom stereocenters. The number of nitrogens with zero attached hydrogens (tertiary/aromatic N) is 1. The molecule has 0 bridgehead atoms. The van der Waals surface area contributed by atoms with Crippen molar-refractivity contribution < 1.29 is 13.9 Å². The van der Waals surface area contributed by atoms with Crippen LogP contribution in [0.2, 0.25) is 0 Å². The summed E-state index contributed by atoms with van der Waals surface area (Å²) in [6, 6.07) is 4.55. The zero-order chi connectivity index (χ0) is 13.7. The van der Waals surface area contributed by atoms with Gasteiger partial charge in [-0.3, -0.25) is 4.79 Å². The summed E-state index contributed by atoms with van der Waals surface area (Å²) >= 11 is 0. The molecular formula is C14H19FN2O2. The predicted molar refractivity (Wildman–Crippen MR) is 70.2 cm³/mol. The number of carbonyl (C=O) groups is 1. The zero-order valence-corrected chi connectivity index (χ0v) is 10.9. The fourth-order valence-electron chi connectivity index (χ4n) is 2.16. The monoisotopic (exact) mass is 266 g/mol. The Kier molecular flexibility index (Phi) is 4.74. The summed E-state index contributed by atoms with van der Waals surface area (Å²) < 4.78 is 18.9. The lowest BCUT2D eigenvalue weighted by Crippen LogP contribution is -2.38. The Hall–Kier alpha value is -1.62. The van der Waals surface area contributed by atoms with Gasteiger partial charge in [0.25, 0.3) is 5.91 Å². The normalized spacial score (nSPS) is 15.4. The van der Waals surface area contributed by atoms with Gasteiger partial charge >= 0.3 is 0 Å². The number of hydrogen-bond donors (Lipinski definition) is 1. The molecule has 0 spiro atoms. The minimum Gasteiger partial charge on any atom is -0.481 e. The van der Waals surface area contributed by atoms with Gasteiger partial charge in [0, 0.05) is 19.6 Å². The van der Waals surface area contributed by atoms with Crippen molar-refractivity contribution in [3.05, 3.63) is 29.6 Å². The number of amides is 1. The second-order valence-corrected chi connectivity index (χ2v) is 4.70. The SMILES string of the molecule is NCc1ccc(OCC(=O)N2CCCCC2)c(F)c1. The topological polar surface area (TPSA) is 55.6 Å². The fraction of sp³-hybridized carbons (Fsp3) is 0.500. The molecule has 1 amide bonds. The highest BCUT2D eigenvalue weighted by Crippen LogP contribution is 2.18. The average molecular weight is 266 g/mol. The molecule has 5 heteroatoms.